The van der Waals surface area contributed by atoms with Gasteiger partial charge in [-0.25, -0.2) is 4.79 Å². The molecule has 0 saturated heterocycles. The number of rotatable bonds is 8. The van der Waals surface area contributed by atoms with Gasteiger partial charge in [-0.1, -0.05) is 20.3 Å². The van der Waals surface area contributed by atoms with Gasteiger partial charge in [0.2, 0.25) is 5.91 Å². The molecule has 0 rings (SSSR count). The van der Waals surface area contributed by atoms with Gasteiger partial charge in [-0.2, -0.15) is 0 Å². The molecule has 5 nitrogen and oxygen atoms in total. The summed E-state index contributed by atoms with van der Waals surface area (Å²) in [4.78, 5) is 21.9. The molecule has 0 aromatic rings. The van der Waals surface area contributed by atoms with Crippen molar-refractivity contribution in [1.29, 1.82) is 0 Å². The van der Waals surface area contributed by atoms with E-state index in [-0.39, 0.29) is 12.5 Å². The molecule has 0 heterocycles. The standard InChI is InChI=1S/C10H19NO4/c1-3-5-8(10(13)14)11-9(12)7-15-6-4-2/h8H,3-7H2,1-2H3,(H,11,12)(H,13,14). The summed E-state index contributed by atoms with van der Waals surface area (Å²) in [6.07, 6.45) is 1.99. The lowest BCUT2D eigenvalue weighted by Crippen LogP contribution is -2.42. The zero-order valence-electron chi connectivity index (χ0n) is 9.28. The molecule has 0 aromatic carbocycles. The van der Waals surface area contributed by atoms with Crippen LogP contribution >= 0.6 is 0 Å². The third-order valence-corrected chi connectivity index (χ3v) is 1.79. The molecule has 0 aliphatic rings. The van der Waals surface area contributed by atoms with Crippen molar-refractivity contribution in [3.8, 4) is 0 Å². The zero-order valence-corrected chi connectivity index (χ0v) is 9.28. The summed E-state index contributed by atoms with van der Waals surface area (Å²) >= 11 is 0. The van der Waals surface area contributed by atoms with E-state index in [1.54, 1.807) is 0 Å². The van der Waals surface area contributed by atoms with Crippen molar-refractivity contribution in [3.05, 3.63) is 0 Å². The Hall–Kier alpha value is -1.10. The van der Waals surface area contributed by atoms with E-state index < -0.39 is 12.0 Å². The number of nitrogens with one attached hydrogen (secondary N) is 1. The van der Waals surface area contributed by atoms with Crippen molar-refractivity contribution in [2.45, 2.75) is 39.2 Å². The van der Waals surface area contributed by atoms with Gasteiger partial charge in [-0.15, -0.1) is 0 Å². The van der Waals surface area contributed by atoms with Gasteiger partial charge in [0.25, 0.3) is 0 Å². The summed E-state index contributed by atoms with van der Waals surface area (Å²) in [6.45, 7) is 4.25. The highest BCUT2D eigenvalue weighted by Crippen LogP contribution is 1.96. The SMILES string of the molecule is CCCOCC(=O)NC(CCC)C(=O)O. The van der Waals surface area contributed by atoms with Gasteiger partial charge in [-0.05, 0) is 12.8 Å². The molecular formula is C10H19NO4. The average Bonchev–Trinajstić information content (AvgIpc) is 2.17. The maximum atomic E-state index is 11.2. The van der Waals surface area contributed by atoms with Crippen LogP contribution in [0.25, 0.3) is 0 Å². The van der Waals surface area contributed by atoms with Crippen LogP contribution in [0.1, 0.15) is 33.1 Å². The van der Waals surface area contributed by atoms with Crippen LogP contribution in [0.4, 0.5) is 0 Å². The number of hydrogen-bond acceptors (Lipinski definition) is 3. The predicted molar refractivity (Wildman–Crippen MR) is 55.6 cm³/mol. The third kappa shape index (κ3) is 6.90. The lowest BCUT2D eigenvalue weighted by atomic mass is 10.2. The first-order chi connectivity index (χ1) is 7.11. The predicted octanol–water partition coefficient (Wildman–Crippen LogP) is 0.782. The Balaban J connectivity index is 3.84. The third-order valence-electron chi connectivity index (χ3n) is 1.79. The van der Waals surface area contributed by atoms with Crippen LogP contribution in [0.2, 0.25) is 0 Å². The molecular weight excluding hydrogens is 198 g/mol. The molecule has 0 radical (unpaired) electrons. The Kier molecular flexibility index (Phi) is 7.62. The second-order valence-electron chi connectivity index (χ2n) is 3.30. The summed E-state index contributed by atoms with van der Waals surface area (Å²) in [7, 11) is 0. The van der Waals surface area contributed by atoms with E-state index in [1.807, 2.05) is 13.8 Å². The highest BCUT2D eigenvalue weighted by atomic mass is 16.5. The lowest BCUT2D eigenvalue weighted by molar-refractivity contribution is -0.142. The summed E-state index contributed by atoms with van der Waals surface area (Å²) in [5.74, 6) is -1.37. The smallest absolute Gasteiger partial charge is 0.326 e. The Labute approximate surface area is 89.8 Å². The molecule has 0 fully saturated rings. The van der Waals surface area contributed by atoms with Gasteiger partial charge >= 0.3 is 5.97 Å². The molecule has 2 N–H and O–H groups in total. The molecule has 0 spiro atoms. The fraction of sp³-hybridized carbons (Fsp3) is 0.800. The number of ether oxygens (including phenoxy) is 1. The summed E-state index contributed by atoms with van der Waals surface area (Å²) in [5, 5.41) is 11.2. The Morgan fingerprint density at radius 1 is 1.33 bits per heavy atom. The fourth-order valence-electron chi connectivity index (χ4n) is 1.09. The largest absolute Gasteiger partial charge is 0.480 e. The molecule has 88 valence electrons. The van der Waals surface area contributed by atoms with E-state index in [2.05, 4.69) is 5.32 Å². The van der Waals surface area contributed by atoms with Crippen LogP contribution in [-0.2, 0) is 14.3 Å². The molecule has 5 heteroatoms. The number of amides is 1. The van der Waals surface area contributed by atoms with Gasteiger partial charge in [0.05, 0.1) is 0 Å². The Morgan fingerprint density at radius 2 is 2.00 bits per heavy atom. The highest BCUT2D eigenvalue weighted by molar-refractivity contribution is 5.84. The minimum atomic E-state index is -0.999. The number of aliphatic carboxylic acids is 1. The molecule has 1 unspecified atom stereocenters. The molecule has 1 atom stereocenters. The number of carboxylic acid groups (broad SMARTS) is 1. The van der Waals surface area contributed by atoms with E-state index in [0.717, 1.165) is 6.42 Å². The molecule has 15 heavy (non-hydrogen) atoms. The van der Waals surface area contributed by atoms with E-state index in [4.69, 9.17) is 9.84 Å². The highest BCUT2D eigenvalue weighted by Gasteiger charge is 2.18. The Morgan fingerprint density at radius 3 is 2.47 bits per heavy atom. The molecule has 1 amide bonds. The second kappa shape index (κ2) is 8.23. The Bertz CT molecular complexity index is 206. The van der Waals surface area contributed by atoms with Crippen LogP contribution in [-0.4, -0.2) is 36.2 Å². The van der Waals surface area contributed by atoms with Crippen molar-refractivity contribution in [2.75, 3.05) is 13.2 Å². The van der Waals surface area contributed by atoms with Gasteiger partial charge in [0.1, 0.15) is 12.6 Å². The van der Waals surface area contributed by atoms with Crippen LogP contribution in [0.5, 0.6) is 0 Å². The van der Waals surface area contributed by atoms with Crippen molar-refractivity contribution < 1.29 is 19.4 Å². The molecule has 0 bridgehead atoms. The quantitative estimate of drug-likeness (QED) is 0.589. The van der Waals surface area contributed by atoms with Crippen molar-refractivity contribution in [3.63, 3.8) is 0 Å². The first-order valence-electron chi connectivity index (χ1n) is 5.21. The van der Waals surface area contributed by atoms with Gasteiger partial charge in [0.15, 0.2) is 0 Å². The summed E-state index contributed by atoms with van der Waals surface area (Å²) in [5.41, 5.74) is 0. The second-order valence-corrected chi connectivity index (χ2v) is 3.30. The monoisotopic (exact) mass is 217 g/mol. The van der Waals surface area contributed by atoms with E-state index in [9.17, 15) is 9.59 Å². The topological polar surface area (TPSA) is 75.6 Å². The number of carbonyl (C=O) groups is 2. The van der Waals surface area contributed by atoms with E-state index in [1.165, 1.54) is 0 Å². The number of carboxylic acids is 1. The van der Waals surface area contributed by atoms with Gasteiger partial charge in [-0.3, -0.25) is 4.79 Å². The summed E-state index contributed by atoms with van der Waals surface area (Å²) < 4.78 is 5.00. The minimum absolute atomic E-state index is 0.0681. The lowest BCUT2D eigenvalue weighted by Gasteiger charge is -2.13. The van der Waals surface area contributed by atoms with Gasteiger partial charge < -0.3 is 15.2 Å². The zero-order chi connectivity index (χ0) is 11.7. The molecule has 0 saturated carbocycles. The average molecular weight is 217 g/mol. The van der Waals surface area contributed by atoms with Crippen molar-refractivity contribution in [2.24, 2.45) is 0 Å². The minimum Gasteiger partial charge on any atom is -0.480 e. The van der Waals surface area contributed by atoms with Gasteiger partial charge in [0, 0.05) is 6.61 Å². The molecule has 0 aromatic heterocycles. The maximum absolute atomic E-state index is 11.2. The molecule has 0 aliphatic heterocycles. The van der Waals surface area contributed by atoms with Crippen molar-refractivity contribution in [1.82, 2.24) is 5.32 Å². The number of carbonyl (C=O) groups excluding carboxylic acids is 1. The first-order valence-corrected chi connectivity index (χ1v) is 5.21. The molecule has 0 aliphatic carbocycles. The first kappa shape index (κ1) is 13.9. The van der Waals surface area contributed by atoms with Crippen molar-refractivity contribution >= 4 is 11.9 Å². The van der Waals surface area contributed by atoms with Crippen LogP contribution < -0.4 is 5.32 Å². The van der Waals surface area contributed by atoms with Crippen LogP contribution in [0.3, 0.4) is 0 Å². The van der Waals surface area contributed by atoms with E-state index >= 15 is 0 Å². The fourth-order valence-corrected chi connectivity index (χ4v) is 1.09. The summed E-state index contributed by atoms with van der Waals surface area (Å²) in [6, 6.07) is -0.798. The van der Waals surface area contributed by atoms with Crippen LogP contribution in [0.15, 0.2) is 0 Å². The normalized spacial score (nSPS) is 12.1. The van der Waals surface area contributed by atoms with Crippen LogP contribution in [0, 0.1) is 0 Å². The maximum Gasteiger partial charge on any atom is 0.326 e. The van der Waals surface area contributed by atoms with E-state index in [0.29, 0.717) is 19.4 Å². The number of hydrogen-bond donors (Lipinski definition) is 2.